The first-order valence-corrected chi connectivity index (χ1v) is 6.93. The zero-order valence-corrected chi connectivity index (χ0v) is 10.9. The summed E-state index contributed by atoms with van der Waals surface area (Å²) in [6.45, 7) is 6.78. The minimum Gasteiger partial charge on any atom is -0.465 e. The Morgan fingerprint density at radius 1 is 1.41 bits per heavy atom. The van der Waals surface area contributed by atoms with Gasteiger partial charge in [-0.15, -0.1) is 0 Å². The minimum atomic E-state index is -0.125. The van der Waals surface area contributed by atoms with Crippen LogP contribution in [0.2, 0.25) is 0 Å². The lowest BCUT2D eigenvalue weighted by Gasteiger charge is -2.25. The molecule has 0 aromatic heterocycles. The molecule has 3 unspecified atom stereocenters. The van der Waals surface area contributed by atoms with Gasteiger partial charge in [-0.2, -0.15) is 0 Å². The van der Waals surface area contributed by atoms with E-state index in [0.717, 1.165) is 6.42 Å². The molecule has 2 saturated heterocycles. The van der Waals surface area contributed by atoms with Crippen molar-refractivity contribution in [3.8, 4) is 0 Å². The van der Waals surface area contributed by atoms with Crippen LogP contribution in [0.5, 0.6) is 0 Å². The van der Waals surface area contributed by atoms with Gasteiger partial charge in [0.1, 0.15) is 6.04 Å². The molecule has 0 saturated carbocycles. The van der Waals surface area contributed by atoms with Crippen LogP contribution in [-0.2, 0) is 9.53 Å². The Morgan fingerprint density at radius 3 is 2.94 bits per heavy atom. The maximum absolute atomic E-state index is 11.8. The molecule has 3 atom stereocenters. The zero-order chi connectivity index (χ0) is 12.3. The molecule has 2 aliphatic heterocycles. The summed E-state index contributed by atoms with van der Waals surface area (Å²) < 4.78 is 5.10. The van der Waals surface area contributed by atoms with Crippen LogP contribution >= 0.6 is 0 Å². The predicted molar refractivity (Wildman–Crippen MR) is 66.8 cm³/mol. The second kappa shape index (κ2) is 5.83. The third-order valence-electron chi connectivity index (χ3n) is 4.00. The lowest BCUT2D eigenvalue weighted by molar-refractivity contribution is -0.146. The fourth-order valence-corrected chi connectivity index (χ4v) is 3.13. The monoisotopic (exact) mass is 240 g/mol. The first kappa shape index (κ1) is 12.8. The fourth-order valence-electron chi connectivity index (χ4n) is 3.13. The molecule has 0 aliphatic carbocycles. The van der Waals surface area contributed by atoms with Gasteiger partial charge < -0.3 is 4.74 Å². The van der Waals surface area contributed by atoms with Crippen LogP contribution in [-0.4, -0.2) is 48.7 Å². The summed E-state index contributed by atoms with van der Waals surface area (Å²) in [7, 11) is 0. The molecule has 4 nitrogen and oxygen atoms in total. The Morgan fingerprint density at radius 2 is 2.24 bits per heavy atom. The summed E-state index contributed by atoms with van der Waals surface area (Å²) in [6, 6.07) is 1.01. The molecule has 2 fully saturated rings. The van der Waals surface area contributed by atoms with Gasteiger partial charge in [0.05, 0.1) is 6.61 Å². The number of hydrogen-bond donors (Lipinski definition) is 1. The molecule has 2 aliphatic rings. The Balaban J connectivity index is 1.88. The largest absolute Gasteiger partial charge is 0.465 e. The Hall–Kier alpha value is -0.610. The molecular weight excluding hydrogens is 216 g/mol. The van der Waals surface area contributed by atoms with Crippen LogP contribution in [0.15, 0.2) is 0 Å². The van der Waals surface area contributed by atoms with E-state index < -0.39 is 0 Å². The van der Waals surface area contributed by atoms with Crippen LogP contribution in [0.3, 0.4) is 0 Å². The average Bonchev–Trinajstić information content (AvgIpc) is 2.89. The summed E-state index contributed by atoms with van der Waals surface area (Å²) in [4.78, 5) is 14.3. The molecule has 0 radical (unpaired) electrons. The van der Waals surface area contributed by atoms with E-state index in [9.17, 15) is 4.79 Å². The number of carbonyl (C=O) groups is 1. The standard InChI is InChI=1S/C13H24N2O2/c1-3-10(13(16)17-4-2)14-11-7-9-15-8-5-6-12(11)15/h10-12,14H,3-9H2,1-2H3. The SMILES string of the molecule is CCOC(=O)C(CC)NC1CCN2CCCC12. The molecule has 0 aromatic rings. The average molecular weight is 240 g/mol. The summed E-state index contributed by atoms with van der Waals surface area (Å²) in [6.07, 6.45) is 4.55. The highest BCUT2D eigenvalue weighted by Crippen LogP contribution is 2.28. The van der Waals surface area contributed by atoms with Crippen molar-refractivity contribution in [3.05, 3.63) is 0 Å². The molecule has 4 heteroatoms. The van der Waals surface area contributed by atoms with E-state index in [4.69, 9.17) is 4.74 Å². The van der Waals surface area contributed by atoms with Gasteiger partial charge in [-0.3, -0.25) is 15.0 Å². The zero-order valence-electron chi connectivity index (χ0n) is 10.9. The second-order valence-electron chi connectivity index (χ2n) is 5.02. The minimum absolute atomic E-state index is 0.0913. The molecule has 2 heterocycles. The molecular formula is C13H24N2O2. The molecule has 0 aromatic carbocycles. The molecule has 0 bridgehead atoms. The predicted octanol–water partition coefficient (Wildman–Crippen LogP) is 1.15. The van der Waals surface area contributed by atoms with E-state index in [-0.39, 0.29) is 12.0 Å². The summed E-state index contributed by atoms with van der Waals surface area (Å²) >= 11 is 0. The highest BCUT2D eigenvalue weighted by molar-refractivity contribution is 5.75. The number of nitrogens with zero attached hydrogens (tertiary/aromatic N) is 1. The van der Waals surface area contributed by atoms with Crippen LogP contribution in [0, 0.1) is 0 Å². The Kier molecular flexibility index (Phi) is 4.40. The number of rotatable bonds is 5. The van der Waals surface area contributed by atoms with Crippen molar-refractivity contribution in [2.45, 2.75) is 57.7 Å². The van der Waals surface area contributed by atoms with E-state index in [0.29, 0.717) is 18.7 Å². The van der Waals surface area contributed by atoms with E-state index in [1.807, 2.05) is 13.8 Å². The topological polar surface area (TPSA) is 41.6 Å². The van der Waals surface area contributed by atoms with E-state index in [2.05, 4.69) is 10.2 Å². The number of fused-ring (bicyclic) bond motifs is 1. The molecule has 98 valence electrons. The van der Waals surface area contributed by atoms with Gasteiger partial charge in [0.25, 0.3) is 0 Å². The van der Waals surface area contributed by atoms with E-state index in [1.54, 1.807) is 0 Å². The highest BCUT2D eigenvalue weighted by atomic mass is 16.5. The maximum atomic E-state index is 11.8. The second-order valence-corrected chi connectivity index (χ2v) is 5.02. The normalized spacial score (nSPS) is 30.2. The number of nitrogens with one attached hydrogen (secondary N) is 1. The molecule has 2 rings (SSSR count). The smallest absolute Gasteiger partial charge is 0.323 e. The molecule has 0 amide bonds. The number of carbonyl (C=O) groups excluding carboxylic acids is 1. The lowest BCUT2D eigenvalue weighted by atomic mass is 10.0. The molecule has 0 spiro atoms. The fraction of sp³-hybridized carbons (Fsp3) is 0.923. The molecule has 1 N–H and O–H groups in total. The van der Waals surface area contributed by atoms with Gasteiger partial charge in [0.15, 0.2) is 0 Å². The van der Waals surface area contributed by atoms with Crippen molar-refractivity contribution < 1.29 is 9.53 Å². The summed E-state index contributed by atoms with van der Waals surface area (Å²) in [5.41, 5.74) is 0. The van der Waals surface area contributed by atoms with E-state index >= 15 is 0 Å². The van der Waals surface area contributed by atoms with Crippen LogP contribution in [0.25, 0.3) is 0 Å². The highest BCUT2D eigenvalue weighted by Gasteiger charge is 2.38. The van der Waals surface area contributed by atoms with Gasteiger partial charge in [0, 0.05) is 18.6 Å². The Labute approximate surface area is 104 Å². The van der Waals surface area contributed by atoms with Crippen LogP contribution < -0.4 is 5.32 Å². The van der Waals surface area contributed by atoms with E-state index in [1.165, 1.54) is 32.4 Å². The van der Waals surface area contributed by atoms with Crippen molar-refractivity contribution >= 4 is 5.97 Å². The maximum Gasteiger partial charge on any atom is 0.323 e. The lowest BCUT2D eigenvalue weighted by Crippen LogP contribution is -2.48. The van der Waals surface area contributed by atoms with Crippen LogP contribution in [0.1, 0.15) is 39.5 Å². The van der Waals surface area contributed by atoms with Crippen molar-refractivity contribution in [1.29, 1.82) is 0 Å². The number of ether oxygens (including phenoxy) is 1. The molecule has 17 heavy (non-hydrogen) atoms. The van der Waals surface area contributed by atoms with Gasteiger partial charge in [0.2, 0.25) is 0 Å². The van der Waals surface area contributed by atoms with Crippen molar-refractivity contribution in [2.24, 2.45) is 0 Å². The first-order valence-electron chi connectivity index (χ1n) is 6.93. The van der Waals surface area contributed by atoms with Gasteiger partial charge in [-0.05, 0) is 39.2 Å². The van der Waals surface area contributed by atoms with Gasteiger partial charge >= 0.3 is 5.97 Å². The third kappa shape index (κ3) is 2.80. The van der Waals surface area contributed by atoms with Crippen molar-refractivity contribution in [3.63, 3.8) is 0 Å². The number of hydrogen-bond acceptors (Lipinski definition) is 4. The Bertz CT molecular complexity index is 270. The summed E-state index contributed by atoms with van der Waals surface area (Å²) in [5.74, 6) is -0.0913. The number of esters is 1. The third-order valence-corrected chi connectivity index (χ3v) is 4.00. The van der Waals surface area contributed by atoms with Crippen molar-refractivity contribution in [2.75, 3.05) is 19.7 Å². The quantitative estimate of drug-likeness (QED) is 0.732. The van der Waals surface area contributed by atoms with Crippen molar-refractivity contribution in [1.82, 2.24) is 10.2 Å². The first-order chi connectivity index (χ1) is 8.26. The van der Waals surface area contributed by atoms with Gasteiger partial charge in [-0.1, -0.05) is 6.92 Å². The van der Waals surface area contributed by atoms with Crippen LogP contribution in [0.4, 0.5) is 0 Å². The van der Waals surface area contributed by atoms with Gasteiger partial charge in [-0.25, -0.2) is 0 Å². The summed E-state index contributed by atoms with van der Waals surface area (Å²) in [5, 5.41) is 3.51.